The molecule has 17 rings (SSSR count). The van der Waals surface area contributed by atoms with Gasteiger partial charge < -0.3 is 49.3 Å². The van der Waals surface area contributed by atoms with E-state index in [0.717, 1.165) is 0 Å². The highest BCUT2D eigenvalue weighted by Gasteiger charge is 2.29. The number of nitrogens with one attached hydrogen (secondary N) is 6. The number of fused-ring (bicyclic) bond motifs is 20. The predicted molar refractivity (Wildman–Crippen MR) is 435 cm³/mol. The summed E-state index contributed by atoms with van der Waals surface area (Å²) >= 11 is 0. The van der Waals surface area contributed by atoms with Crippen LogP contribution in [0.5, 0.6) is 69.0 Å². The van der Waals surface area contributed by atoms with E-state index in [0.29, 0.717) is 101 Å². The first kappa shape index (κ1) is 71.9. The van der Waals surface area contributed by atoms with Gasteiger partial charge in [-0.2, -0.15) is 20.4 Å². The summed E-state index contributed by atoms with van der Waals surface area (Å²) in [5.41, 5.74) is 14.6. The molecular weight excluding hydrogens is 1470 g/mol. The Balaban J connectivity index is 0.848. The highest BCUT2D eigenvalue weighted by molar-refractivity contribution is 6.11. The quantitative estimate of drug-likeness (QED) is 0.0250. The van der Waals surface area contributed by atoms with E-state index in [4.69, 9.17) is 48.9 Å². The molecule has 3 aromatic heterocycles. The van der Waals surface area contributed by atoms with Crippen LogP contribution in [0.2, 0.25) is 0 Å². The molecule has 28 nitrogen and oxygen atoms in total. The van der Waals surface area contributed by atoms with Crippen LogP contribution in [0.25, 0.3) is 89.7 Å². The van der Waals surface area contributed by atoms with E-state index >= 15 is 0 Å². The van der Waals surface area contributed by atoms with Gasteiger partial charge in [0.25, 0.3) is 23.6 Å². The molecule has 0 saturated heterocycles. The third-order valence-electron chi connectivity index (χ3n) is 18.4. The molecule has 0 radical (unpaired) electrons. The molecule has 8 bridgehead atoms. The minimum Gasteiger partial charge on any atom is -0.507 e. The van der Waals surface area contributed by atoms with Gasteiger partial charge >= 0.3 is 0 Å². The summed E-state index contributed by atoms with van der Waals surface area (Å²) in [6, 6.07) is 74.0. The number of para-hydroxylation sites is 8. The lowest BCUT2D eigenvalue weighted by Crippen LogP contribution is -2.17. The van der Waals surface area contributed by atoms with Crippen molar-refractivity contribution in [1.82, 2.24) is 61.6 Å². The monoisotopic (exact) mass is 1530 g/mol. The van der Waals surface area contributed by atoms with E-state index < -0.39 is 23.6 Å². The average Bonchev–Trinajstić information content (AvgIpc) is 1.59. The molecule has 10 N–H and O–H groups in total. The van der Waals surface area contributed by atoms with Crippen LogP contribution in [-0.2, 0) is 0 Å². The van der Waals surface area contributed by atoms with Crippen LogP contribution in [-0.4, -0.2) is 109 Å². The number of phenols is 4. The summed E-state index contributed by atoms with van der Waals surface area (Å²) in [6.07, 6.45) is 5.66. The third kappa shape index (κ3) is 14.8. The number of hydrogen-bond acceptors (Lipinski definition) is 22. The molecule has 28 heteroatoms. The number of amides is 4. The molecule has 562 valence electrons. The Morgan fingerprint density at radius 1 is 0.293 bits per heavy atom. The molecule has 116 heavy (non-hydrogen) atoms. The van der Waals surface area contributed by atoms with Gasteiger partial charge in [0.2, 0.25) is 0 Å². The van der Waals surface area contributed by atoms with Crippen molar-refractivity contribution in [3.8, 4) is 115 Å². The van der Waals surface area contributed by atoms with Crippen LogP contribution < -0.4 is 40.7 Å². The van der Waals surface area contributed by atoms with Gasteiger partial charge in [-0.15, -0.1) is 0 Å². The Bertz CT molecular complexity index is 6820. The van der Waals surface area contributed by atoms with Crippen LogP contribution in [0.4, 0.5) is 0 Å². The topological polar surface area (TPSA) is 393 Å². The largest absolute Gasteiger partial charge is 0.507 e. The van der Waals surface area contributed by atoms with Crippen molar-refractivity contribution in [3.05, 3.63) is 311 Å². The van der Waals surface area contributed by atoms with Crippen molar-refractivity contribution in [3.63, 3.8) is 0 Å². The molecule has 2 aliphatic rings. The zero-order chi connectivity index (χ0) is 79.2. The van der Waals surface area contributed by atoms with Crippen molar-refractivity contribution in [2.45, 2.75) is 0 Å². The second kappa shape index (κ2) is 31.5. The smallest absolute Gasteiger partial charge is 0.275 e. The maximum Gasteiger partial charge on any atom is 0.275 e. The summed E-state index contributed by atoms with van der Waals surface area (Å²) in [7, 11) is 0. The molecule has 0 saturated carbocycles. The maximum atomic E-state index is 13.2. The summed E-state index contributed by atoms with van der Waals surface area (Å²) < 4.78 is 27.5. The number of ether oxygens (including phenoxy) is 4. The zero-order valence-electron chi connectivity index (χ0n) is 60.2. The van der Waals surface area contributed by atoms with Crippen molar-refractivity contribution >= 4 is 92.6 Å². The molecule has 12 aromatic carbocycles. The Kier molecular flexibility index (Phi) is 19.5. The fourth-order valence-electron chi connectivity index (χ4n) is 12.9. The first-order chi connectivity index (χ1) is 56.8. The van der Waals surface area contributed by atoms with E-state index in [1.165, 1.54) is 73.4 Å². The average molecular weight is 1530 g/mol. The number of rotatable bonds is 20. The number of aromatic hydroxyl groups is 4. The number of hydrogen-bond donors (Lipinski definition) is 10. The van der Waals surface area contributed by atoms with Gasteiger partial charge in [0, 0.05) is 49.7 Å². The van der Waals surface area contributed by atoms with Crippen molar-refractivity contribution in [2.75, 3.05) is 0 Å². The SMILES string of the molecule is O=C(N/N=C\c1ccccc1Oc1cccc2c1-c1nc-2nc2[nH]c(nc3nc(nc4[nH]c(n1)c1c(Oc5ccccc5/C=N/NC(=O)c5ccccc5O)cccc41)-c1cc(Oc4ccccc4/C=N/NC(=O)c4ccccc4O)ccc1-3)c1c(Oc3ccccc3/C=N/NC(=O)c3ccccc3O)cccc21)c1ccccc1O. The number of aromatic amines is 2. The Labute approximate surface area is 655 Å². The number of carbonyl (C=O) groups is 4. The lowest BCUT2D eigenvalue weighted by Gasteiger charge is -2.12. The second-order valence-electron chi connectivity index (χ2n) is 25.8. The molecule has 2 aliphatic heterocycles. The predicted octanol–water partition coefficient (Wildman–Crippen LogP) is 15.9. The van der Waals surface area contributed by atoms with Gasteiger partial charge in [0.05, 0.1) is 63.4 Å². The first-order valence-corrected chi connectivity index (χ1v) is 35.7. The number of phenolic OH excluding ortho intramolecular Hbond substituents is 4. The van der Waals surface area contributed by atoms with Crippen LogP contribution in [0.1, 0.15) is 63.7 Å². The lowest BCUT2D eigenvalue weighted by molar-refractivity contribution is 0.0944. The molecule has 0 atom stereocenters. The number of aromatic nitrogens is 8. The van der Waals surface area contributed by atoms with Crippen LogP contribution in [0.3, 0.4) is 0 Å². The zero-order valence-corrected chi connectivity index (χ0v) is 60.2. The summed E-state index contributed by atoms with van der Waals surface area (Å²) in [5, 5.41) is 60.5. The molecule has 4 amide bonds. The number of H-pyrrole nitrogens is 2. The summed E-state index contributed by atoms with van der Waals surface area (Å²) in [5.74, 6) is -0.383. The van der Waals surface area contributed by atoms with Crippen molar-refractivity contribution in [2.24, 2.45) is 20.4 Å². The van der Waals surface area contributed by atoms with Crippen molar-refractivity contribution < 1.29 is 58.6 Å². The standard InChI is InChI=1S/C88H58N16O12/c105-63-31-9-5-24-55(63)85(109)101-89-45-49-20-1-13-35-67(49)113-53-42-43-54-62(44-53)81-93-77(54)96-82-74-59(28-17-39-71(74)114-68-36-14-2-21-50(68)46-90-102-86(110)56-25-6-10-32-64(56)106)78(97-82)94-79-60-29-18-40-72(115-69-37-15-3-22-51(69)47-91-103-87(111)57-26-7-11-33-65(57)107)75(60)83(98-79)100-84-76-61(80(95-81)99-84)30-19-41-73(76)116-70-38-16-4-23-52(70)48-92-104-88(112)58-27-8-12-34-66(58)108/h1-48,105-108H,(H,101,109)(H,102,110)(H,103,111)(H,104,112)(H2,93,94,95,96,97,98,99,100)/b89-45+,90-46+,91-47-,92-48+. The highest BCUT2D eigenvalue weighted by Crippen LogP contribution is 2.46. The van der Waals surface area contributed by atoms with Crippen LogP contribution in [0, 0.1) is 0 Å². The first-order valence-electron chi connectivity index (χ1n) is 35.7. The maximum absolute atomic E-state index is 13.2. The molecule has 0 fully saturated rings. The van der Waals surface area contributed by atoms with Crippen LogP contribution in [0.15, 0.2) is 287 Å². The molecule has 0 spiro atoms. The number of hydrazone groups is 4. The van der Waals surface area contributed by atoms with Gasteiger partial charge in [0.15, 0.2) is 23.3 Å². The molecule has 5 heterocycles. The molecule has 0 unspecified atom stereocenters. The van der Waals surface area contributed by atoms with Gasteiger partial charge in [-0.05, 0) is 133 Å². The number of nitrogens with zero attached hydrogens (tertiary/aromatic N) is 10. The van der Waals surface area contributed by atoms with Gasteiger partial charge in [-0.3, -0.25) is 19.2 Å². The third-order valence-corrected chi connectivity index (χ3v) is 18.4. The van der Waals surface area contributed by atoms with Crippen LogP contribution >= 0.6 is 0 Å². The highest BCUT2D eigenvalue weighted by atomic mass is 16.5. The van der Waals surface area contributed by atoms with Gasteiger partial charge in [-0.1, -0.05) is 133 Å². The minimum atomic E-state index is -0.648. The van der Waals surface area contributed by atoms with E-state index in [9.17, 15) is 39.6 Å². The van der Waals surface area contributed by atoms with E-state index in [1.807, 2.05) is 18.2 Å². The minimum absolute atomic E-state index is 0.0189. The van der Waals surface area contributed by atoms with Crippen molar-refractivity contribution in [1.29, 1.82) is 0 Å². The fraction of sp³-hybridized carbons (Fsp3) is 0. The second-order valence-corrected chi connectivity index (χ2v) is 25.8. The van der Waals surface area contributed by atoms with E-state index in [2.05, 4.69) is 52.1 Å². The summed E-state index contributed by atoms with van der Waals surface area (Å²) in [4.78, 5) is 91.9. The Morgan fingerprint density at radius 2 is 0.612 bits per heavy atom. The Hall–Kier alpha value is -17.0. The molecule has 15 aromatic rings. The Morgan fingerprint density at radius 3 is 1.03 bits per heavy atom. The van der Waals surface area contributed by atoms with Gasteiger partial charge in [0.1, 0.15) is 91.6 Å². The molecule has 0 aliphatic carbocycles. The number of carbonyl (C=O) groups excluding carboxylic acids is 4. The van der Waals surface area contributed by atoms with Gasteiger partial charge in [-0.25, -0.2) is 51.6 Å². The number of benzene rings is 12. The normalized spacial score (nSPS) is 11.6. The summed E-state index contributed by atoms with van der Waals surface area (Å²) in [6.45, 7) is 0. The fourth-order valence-corrected chi connectivity index (χ4v) is 12.9. The van der Waals surface area contributed by atoms with E-state index in [1.54, 1.807) is 200 Å². The van der Waals surface area contributed by atoms with E-state index in [-0.39, 0.29) is 103 Å². The molecular formula is C88H58N16O12. The lowest BCUT2D eigenvalue weighted by atomic mass is 10.1.